The van der Waals surface area contributed by atoms with Gasteiger partial charge >= 0.3 is 0 Å². The van der Waals surface area contributed by atoms with Crippen molar-refractivity contribution in [3.8, 4) is 0 Å². The number of aliphatic hydroxyl groups is 1. The highest BCUT2D eigenvalue weighted by Crippen LogP contribution is 2.22. The zero-order valence-electron chi connectivity index (χ0n) is 23.3. The fourth-order valence-electron chi connectivity index (χ4n) is 4.48. The first-order valence-corrected chi connectivity index (χ1v) is 14.8. The Bertz CT molecular complexity index is 1520. The third-order valence-electron chi connectivity index (χ3n) is 6.70. The second-order valence-electron chi connectivity index (χ2n) is 9.65. The van der Waals surface area contributed by atoms with Crippen LogP contribution in [0.3, 0.4) is 0 Å². The van der Waals surface area contributed by atoms with Crippen LogP contribution in [0.15, 0.2) is 96.2 Å². The van der Waals surface area contributed by atoms with Gasteiger partial charge < -0.3 is 14.9 Å². The Balaban J connectivity index is 1.30. The maximum Gasteiger partial charge on any atom is 0.262 e. The summed E-state index contributed by atoms with van der Waals surface area (Å²) in [6.45, 7) is 8.17. The van der Waals surface area contributed by atoms with Gasteiger partial charge in [0.1, 0.15) is 22.6 Å². The molecule has 10 heteroatoms. The average Bonchev–Trinajstić information content (AvgIpc) is 3.00. The number of aliphatic hydroxyl groups excluding tert-OH is 1. The van der Waals surface area contributed by atoms with Crippen molar-refractivity contribution in [2.45, 2.75) is 12.7 Å². The molecule has 1 fully saturated rings. The summed E-state index contributed by atoms with van der Waals surface area (Å²) in [5.41, 5.74) is 2.87. The quantitative estimate of drug-likeness (QED) is 0.199. The van der Waals surface area contributed by atoms with Crippen molar-refractivity contribution >= 4 is 40.3 Å². The van der Waals surface area contributed by atoms with E-state index in [1.165, 1.54) is 24.4 Å². The van der Waals surface area contributed by atoms with Gasteiger partial charge in [0, 0.05) is 55.1 Å². The lowest BCUT2D eigenvalue weighted by molar-refractivity contribution is 0.0746. The van der Waals surface area contributed by atoms with Crippen molar-refractivity contribution in [1.82, 2.24) is 9.62 Å². The average molecular weight is 589 g/mol. The van der Waals surface area contributed by atoms with Crippen LogP contribution in [0.2, 0.25) is 0 Å². The third-order valence-corrected chi connectivity index (χ3v) is 7.71. The zero-order chi connectivity index (χ0) is 30.1. The highest BCUT2D eigenvalue weighted by molar-refractivity contribution is 7.82. The molecule has 218 valence electrons. The molecule has 2 N–H and O–H groups in total. The topological polar surface area (TPSA) is 102 Å². The van der Waals surface area contributed by atoms with E-state index in [4.69, 9.17) is 0 Å². The number of carbonyl (C=O) groups is 2. The highest BCUT2D eigenvalue weighted by atomic mass is 32.2. The highest BCUT2D eigenvalue weighted by Gasteiger charge is 2.23. The smallest absolute Gasteiger partial charge is 0.262 e. The van der Waals surface area contributed by atoms with E-state index in [0.717, 1.165) is 11.3 Å². The third kappa shape index (κ3) is 8.01. The summed E-state index contributed by atoms with van der Waals surface area (Å²) in [6, 6.07) is 20.6. The Kier molecular flexibility index (Phi) is 10.4. The number of rotatable bonds is 10. The second kappa shape index (κ2) is 14.4. The van der Waals surface area contributed by atoms with Crippen molar-refractivity contribution in [3.63, 3.8) is 0 Å². The molecule has 0 saturated carbocycles. The van der Waals surface area contributed by atoms with E-state index in [0.29, 0.717) is 38.3 Å². The molecule has 1 unspecified atom stereocenters. The summed E-state index contributed by atoms with van der Waals surface area (Å²) >= 11 is 0. The molecule has 8 nitrogen and oxygen atoms in total. The number of aliphatic imine (C=N–C) groups is 1. The van der Waals surface area contributed by atoms with Gasteiger partial charge in [-0.2, -0.15) is 0 Å². The van der Waals surface area contributed by atoms with Crippen LogP contribution >= 0.6 is 0 Å². The van der Waals surface area contributed by atoms with E-state index in [1.807, 2.05) is 49.4 Å². The monoisotopic (exact) mass is 588 g/mol. The van der Waals surface area contributed by atoms with Gasteiger partial charge in [-0.25, -0.2) is 8.60 Å². The Hall–Kier alpha value is -4.57. The standard InChI is InChI=1S/C32H33FN4O4S/c1-3-34-21-28(38)19-23(2)29-14-11-26(20-30(29)33)32(40)37-17-15-36(16-18-37)27-12-9-25(10-13-27)31(39)35-42(41)22-24-7-5-4-6-8-24/h4-14,19-21,38H,2-3,15-18,22H2,1H3,(H,35,39)/b28-19+,34-21?. The maximum atomic E-state index is 14.8. The summed E-state index contributed by atoms with van der Waals surface area (Å²) in [6.07, 6.45) is 2.60. The molecule has 1 saturated heterocycles. The Morgan fingerprint density at radius 3 is 2.33 bits per heavy atom. The summed E-state index contributed by atoms with van der Waals surface area (Å²) in [5.74, 6) is -1.18. The number of piperazine rings is 1. The van der Waals surface area contributed by atoms with Gasteiger partial charge in [0.05, 0.1) is 12.0 Å². The Morgan fingerprint density at radius 1 is 1.02 bits per heavy atom. The summed E-state index contributed by atoms with van der Waals surface area (Å²) in [5, 5.41) is 9.87. The van der Waals surface area contributed by atoms with Gasteiger partial charge in [0.25, 0.3) is 11.8 Å². The molecule has 4 rings (SSSR count). The number of nitrogens with zero attached hydrogens (tertiary/aromatic N) is 3. The fraction of sp³-hybridized carbons (Fsp3) is 0.219. The summed E-state index contributed by atoms with van der Waals surface area (Å²) < 4.78 is 29.7. The number of amides is 2. The first kappa shape index (κ1) is 30.4. The van der Waals surface area contributed by atoms with Crippen molar-refractivity contribution in [3.05, 3.63) is 119 Å². The van der Waals surface area contributed by atoms with Crippen molar-refractivity contribution in [2.75, 3.05) is 37.6 Å². The molecule has 3 aromatic rings. The molecule has 0 spiro atoms. The molecular formula is C32H33FN4O4S. The number of carbonyl (C=O) groups excluding carboxylic acids is 2. The number of anilines is 1. The van der Waals surface area contributed by atoms with E-state index in [-0.39, 0.29) is 34.1 Å². The van der Waals surface area contributed by atoms with Gasteiger partial charge in [-0.05, 0) is 60.5 Å². The van der Waals surface area contributed by atoms with Crippen molar-refractivity contribution < 1.29 is 23.3 Å². The lowest BCUT2D eigenvalue weighted by Gasteiger charge is -2.36. The predicted molar refractivity (Wildman–Crippen MR) is 165 cm³/mol. The first-order chi connectivity index (χ1) is 20.2. The number of halogens is 1. The molecule has 0 bridgehead atoms. The Morgan fingerprint density at radius 2 is 1.69 bits per heavy atom. The molecule has 2 amide bonds. The molecule has 3 aromatic carbocycles. The molecule has 1 aliphatic rings. The second-order valence-corrected chi connectivity index (χ2v) is 10.8. The van der Waals surface area contributed by atoms with E-state index < -0.39 is 22.7 Å². The lowest BCUT2D eigenvalue weighted by Crippen LogP contribution is -2.48. The van der Waals surface area contributed by atoms with Crippen LogP contribution in [0.25, 0.3) is 5.57 Å². The molecule has 0 aliphatic carbocycles. The maximum absolute atomic E-state index is 14.8. The van der Waals surface area contributed by atoms with Gasteiger partial charge in [0.15, 0.2) is 0 Å². The number of hydrogen-bond donors (Lipinski definition) is 2. The van der Waals surface area contributed by atoms with Gasteiger partial charge in [-0.1, -0.05) is 43.0 Å². The number of hydrogen-bond acceptors (Lipinski definition) is 6. The first-order valence-electron chi connectivity index (χ1n) is 13.5. The summed E-state index contributed by atoms with van der Waals surface area (Å²) in [4.78, 5) is 33.3. The van der Waals surface area contributed by atoms with Gasteiger partial charge in [-0.3, -0.25) is 19.3 Å². The lowest BCUT2D eigenvalue weighted by atomic mass is 10.0. The van der Waals surface area contributed by atoms with Crippen LogP contribution < -0.4 is 9.62 Å². The zero-order valence-corrected chi connectivity index (χ0v) is 24.1. The van der Waals surface area contributed by atoms with Crippen LogP contribution in [-0.4, -0.2) is 65.0 Å². The largest absolute Gasteiger partial charge is 0.506 e. The molecule has 1 heterocycles. The van der Waals surface area contributed by atoms with Gasteiger partial charge in [0.2, 0.25) is 0 Å². The molecule has 1 atom stereocenters. The minimum absolute atomic E-state index is 0.132. The molecule has 42 heavy (non-hydrogen) atoms. The van der Waals surface area contributed by atoms with Crippen LogP contribution in [0.1, 0.15) is 38.8 Å². The fourth-order valence-corrected chi connectivity index (χ4v) is 5.38. The van der Waals surface area contributed by atoms with E-state index in [2.05, 4.69) is 21.2 Å². The molecule has 0 aromatic heterocycles. The SMILES string of the molecule is C=C(/C=C(/O)C=NCC)c1ccc(C(=O)N2CCN(c3ccc(C(=O)NS(=O)Cc4ccccc4)cc3)CC2)cc1F. The summed E-state index contributed by atoms with van der Waals surface area (Å²) in [7, 11) is -1.54. The van der Waals surface area contributed by atoms with E-state index >= 15 is 0 Å². The number of benzene rings is 3. The van der Waals surface area contributed by atoms with Crippen LogP contribution in [0.4, 0.5) is 10.1 Å². The van der Waals surface area contributed by atoms with Crippen LogP contribution in [0.5, 0.6) is 0 Å². The van der Waals surface area contributed by atoms with Crippen molar-refractivity contribution in [2.24, 2.45) is 4.99 Å². The van der Waals surface area contributed by atoms with Crippen LogP contribution in [0, 0.1) is 5.82 Å². The minimum atomic E-state index is -1.54. The van der Waals surface area contributed by atoms with E-state index in [1.54, 1.807) is 23.1 Å². The predicted octanol–water partition coefficient (Wildman–Crippen LogP) is 4.93. The molecular weight excluding hydrogens is 555 g/mol. The number of allylic oxidation sites excluding steroid dienone is 3. The Labute approximate surface area is 247 Å². The number of nitrogens with one attached hydrogen (secondary N) is 1. The van der Waals surface area contributed by atoms with Gasteiger partial charge in [-0.15, -0.1) is 0 Å². The van der Waals surface area contributed by atoms with Crippen molar-refractivity contribution in [1.29, 1.82) is 0 Å². The van der Waals surface area contributed by atoms with E-state index in [9.17, 15) is 23.3 Å². The molecule has 0 radical (unpaired) electrons. The normalized spacial score (nSPS) is 14.6. The molecule has 1 aliphatic heterocycles. The minimum Gasteiger partial charge on any atom is -0.506 e. The van der Waals surface area contributed by atoms with Crippen LogP contribution in [-0.2, 0) is 16.7 Å².